The van der Waals surface area contributed by atoms with E-state index in [2.05, 4.69) is 10.6 Å². The van der Waals surface area contributed by atoms with Gasteiger partial charge in [-0.25, -0.2) is 4.79 Å². The van der Waals surface area contributed by atoms with E-state index >= 15 is 0 Å². The van der Waals surface area contributed by atoms with Crippen LogP contribution >= 0.6 is 0 Å². The van der Waals surface area contributed by atoms with Crippen LogP contribution in [0.15, 0.2) is 54.6 Å². The predicted molar refractivity (Wildman–Crippen MR) is 128 cm³/mol. The highest BCUT2D eigenvalue weighted by atomic mass is 16.5. The Hall–Kier alpha value is -5.17. The van der Waals surface area contributed by atoms with Crippen LogP contribution in [-0.2, 0) is 9.59 Å². The number of anilines is 2. The molecule has 0 aliphatic carbocycles. The van der Waals surface area contributed by atoms with Gasteiger partial charge >= 0.3 is 5.97 Å². The molecule has 10 heteroatoms. The molecule has 3 aromatic carbocycles. The zero-order chi connectivity index (χ0) is 25.7. The first kappa shape index (κ1) is 24.5. The third-order valence-corrected chi connectivity index (χ3v) is 4.96. The highest BCUT2D eigenvalue weighted by Gasteiger charge is 2.22. The van der Waals surface area contributed by atoms with Crippen LogP contribution < -0.4 is 15.4 Å². The summed E-state index contributed by atoms with van der Waals surface area (Å²) < 4.78 is 5.40. The number of carbonyl (C=O) groups is 3. The number of aromatic carboxylic acids is 1. The minimum Gasteiger partial charge on any atom is -0.507 e. The second-order valence-corrected chi connectivity index (χ2v) is 7.33. The summed E-state index contributed by atoms with van der Waals surface area (Å²) in [6, 6.07) is 14.9. The quantitative estimate of drug-likeness (QED) is 0.327. The van der Waals surface area contributed by atoms with Gasteiger partial charge in [0, 0.05) is 18.2 Å². The molecule has 0 atom stereocenters. The molecule has 0 spiro atoms. The van der Waals surface area contributed by atoms with Crippen molar-refractivity contribution in [3.05, 3.63) is 71.3 Å². The maximum atomic E-state index is 12.7. The minimum atomic E-state index is -1.36. The maximum absolute atomic E-state index is 12.7. The number of nitrogens with zero attached hydrogens (tertiary/aromatic N) is 1. The Balaban J connectivity index is 1.91. The first-order valence-electron chi connectivity index (χ1n) is 10.1. The first-order valence-corrected chi connectivity index (χ1v) is 10.1. The van der Waals surface area contributed by atoms with Gasteiger partial charge < -0.3 is 25.6 Å². The van der Waals surface area contributed by atoms with Crippen molar-refractivity contribution >= 4 is 34.9 Å². The monoisotopic (exact) mass is 472 g/mol. The lowest BCUT2D eigenvalue weighted by atomic mass is 9.99. The number of rotatable bonds is 7. The molecular weight excluding hydrogens is 452 g/mol. The molecule has 35 heavy (non-hydrogen) atoms. The molecule has 0 unspecified atom stereocenters. The number of phenols is 1. The highest BCUT2D eigenvalue weighted by molar-refractivity contribution is 6.48. The molecule has 0 saturated carbocycles. The van der Waals surface area contributed by atoms with Crippen LogP contribution in [0.5, 0.6) is 11.5 Å². The molecule has 0 radical (unpaired) electrons. The topological polar surface area (TPSA) is 173 Å². The van der Waals surface area contributed by atoms with Crippen molar-refractivity contribution in [3.8, 4) is 28.7 Å². The average molecular weight is 472 g/mol. The molecule has 0 heterocycles. The summed E-state index contributed by atoms with van der Waals surface area (Å²) in [5.41, 5.74) is 0.631. The summed E-state index contributed by atoms with van der Waals surface area (Å²) in [5, 5.41) is 42.2. The number of hydrogen-bond acceptors (Lipinski definition) is 7. The molecule has 10 nitrogen and oxygen atoms in total. The maximum Gasteiger partial charge on any atom is 0.337 e. The SMILES string of the molecule is COc1cc(C(=N)C(=O)Nc2ccc(C#N)cc2C(=O)O)c(O)cc1-c1ccc(NC(C)=O)cc1. The van der Waals surface area contributed by atoms with Gasteiger partial charge in [0.05, 0.1) is 35.6 Å². The van der Waals surface area contributed by atoms with E-state index in [0.29, 0.717) is 16.8 Å². The van der Waals surface area contributed by atoms with Gasteiger partial charge in [-0.1, -0.05) is 12.1 Å². The van der Waals surface area contributed by atoms with Crippen molar-refractivity contribution in [2.75, 3.05) is 17.7 Å². The second-order valence-electron chi connectivity index (χ2n) is 7.33. The van der Waals surface area contributed by atoms with E-state index in [1.54, 1.807) is 24.3 Å². The van der Waals surface area contributed by atoms with Gasteiger partial charge in [0.25, 0.3) is 5.91 Å². The normalized spacial score (nSPS) is 10.1. The number of benzene rings is 3. The molecule has 0 aromatic heterocycles. The Labute approximate surface area is 199 Å². The van der Waals surface area contributed by atoms with E-state index in [-0.39, 0.29) is 39.8 Å². The van der Waals surface area contributed by atoms with Crippen molar-refractivity contribution in [3.63, 3.8) is 0 Å². The van der Waals surface area contributed by atoms with Gasteiger partial charge in [-0.15, -0.1) is 0 Å². The van der Waals surface area contributed by atoms with E-state index < -0.39 is 17.6 Å². The number of amides is 2. The second kappa shape index (κ2) is 10.2. The number of nitrogens with one attached hydrogen (secondary N) is 3. The molecule has 176 valence electrons. The van der Waals surface area contributed by atoms with Crippen molar-refractivity contribution in [1.82, 2.24) is 0 Å². The lowest BCUT2D eigenvalue weighted by molar-refractivity contribution is -0.114. The Bertz CT molecular complexity index is 1390. The fraction of sp³-hybridized carbons (Fsp3) is 0.0800. The molecule has 3 aromatic rings. The van der Waals surface area contributed by atoms with Crippen LogP contribution in [-0.4, -0.2) is 40.8 Å². The molecule has 0 saturated heterocycles. The molecule has 0 bridgehead atoms. The van der Waals surface area contributed by atoms with Crippen LogP contribution in [0.3, 0.4) is 0 Å². The van der Waals surface area contributed by atoms with Crippen molar-refractivity contribution in [2.24, 2.45) is 0 Å². The lowest BCUT2D eigenvalue weighted by Crippen LogP contribution is -2.24. The third-order valence-electron chi connectivity index (χ3n) is 4.96. The van der Waals surface area contributed by atoms with E-state index in [1.807, 2.05) is 6.07 Å². The number of ether oxygens (including phenoxy) is 1. The van der Waals surface area contributed by atoms with Gasteiger partial charge in [0.15, 0.2) is 0 Å². The van der Waals surface area contributed by atoms with Crippen molar-refractivity contribution < 1.29 is 29.3 Å². The Morgan fingerprint density at radius 1 is 1.00 bits per heavy atom. The summed E-state index contributed by atoms with van der Waals surface area (Å²) in [5.74, 6) is -2.65. The van der Waals surface area contributed by atoms with Gasteiger partial charge in [0.1, 0.15) is 17.2 Å². The zero-order valence-electron chi connectivity index (χ0n) is 18.7. The smallest absolute Gasteiger partial charge is 0.337 e. The molecule has 5 N–H and O–H groups in total. The summed E-state index contributed by atoms with van der Waals surface area (Å²) in [7, 11) is 1.39. The van der Waals surface area contributed by atoms with E-state index in [4.69, 9.17) is 15.4 Å². The van der Waals surface area contributed by atoms with Gasteiger partial charge in [-0.3, -0.25) is 15.0 Å². The number of carboxylic acids is 1. The molecule has 2 amide bonds. The lowest BCUT2D eigenvalue weighted by Gasteiger charge is -2.15. The number of aromatic hydroxyl groups is 1. The minimum absolute atomic E-state index is 0.0959. The number of hydrogen-bond donors (Lipinski definition) is 5. The van der Waals surface area contributed by atoms with Gasteiger partial charge in [0.2, 0.25) is 5.91 Å². The number of carboxylic acid groups (broad SMARTS) is 1. The third kappa shape index (κ3) is 5.43. The van der Waals surface area contributed by atoms with Gasteiger partial charge in [-0.05, 0) is 48.0 Å². The fourth-order valence-corrected chi connectivity index (χ4v) is 3.31. The average Bonchev–Trinajstić information content (AvgIpc) is 2.83. The van der Waals surface area contributed by atoms with Crippen LogP contribution in [0, 0.1) is 16.7 Å². The van der Waals surface area contributed by atoms with E-state index in [0.717, 1.165) is 6.07 Å². The predicted octanol–water partition coefficient (Wildman–Crippen LogP) is 3.60. The number of phenolic OH excluding ortho intramolecular Hbond substituents is 1. The van der Waals surface area contributed by atoms with Crippen LogP contribution in [0.2, 0.25) is 0 Å². The highest BCUT2D eigenvalue weighted by Crippen LogP contribution is 2.36. The van der Waals surface area contributed by atoms with Gasteiger partial charge in [-0.2, -0.15) is 5.26 Å². The first-order chi connectivity index (χ1) is 16.6. The molecular formula is C25H20N4O6. The fourth-order valence-electron chi connectivity index (χ4n) is 3.31. The largest absolute Gasteiger partial charge is 0.507 e. The van der Waals surface area contributed by atoms with Crippen LogP contribution in [0.4, 0.5) is 11.4 Å². The summed E-state index contributed by atoms with van der Waals surface area (Å²) in [6.45, 7) is 1.39. The van der Waals surface area contributed by atoms with Crippen LogP contribution in [0.1, 0.15) is 28.4 Å². The number of nitriles is 1. The van der Waals surface area contributed by atoms with Crippen LogP contribution in [0.25, 0.3) is 11.1 Å². The number of methoxy groups -OCH3 is 1. The van der Waals surface area contributed by atoms with E-state index in [1.165, 1.54) is 38.3 Å². The molecule has 0 aliphatic rings. The Morgan fingerprint density at radius 2 is 1.69 bits per heavy atom. The summed E-state index contributed by atoms with van der Waals surface area (Å²) in [6.07, 6.45) is 0. The molecule has 3 rings (SSSR count). The Morgan fingerprint density at radius 3 is 2.26 bits per heavy atom. The van der Waals surface area contributed by atoms with Crippen molar-refractivity contribution in [1.29, 1.82) is 10.7 Å². The Kier molecular flexibility index (Phi) is 7.12. The molecule has 0 fully saturated rings. The standard InChI is InChI=1S/C25H20N4O6/c1-13(30)28-16-6-4-15(5-7-16)17-10-21(31)19(11-22(17)35-2)23(27)24(32)29-20-8-3-14(12-26)9-18(20)25(33)34/h3-11,27,31H,1-2H3,(H,28,30)(H,29,32)(H,33,34). The van der Waals surface area contributed by atoms with Crippen molar-refractivity contribution in [2.45, 2.75) is 6.92 Å². The summed E-state index contributed by atoms with van der Waals surface area (Å²) in [4.78, 5) is 35.4. The number of carbonyl (C=O) groups excluding carboxylic acids is 2. The van der Waals surface area contributed by atoms with E-state index in [9.17, 15) is 24.6 Å². The molecule has 0 aliphatic heterocycles. The zero-order valence-corrected chi connectivity index (χ0v) is 18.7. The summed E-state index contributed by atoms with van der Waals surface area (Å²) >= 11 is 0.